The van der Waals surface area contributed by atoms with Crippen LogP contribution in [0, 0.1) is 0 Å². The van der Waals surface area contributed by atoms with Crippen molar-refractivity contribution in [3.05, 3.63) is 29.8 Å². The molecule has 1 unspecified atom stereocenters. The topological polar surface area (TPSA) is 78.6 Å². The summed E-state index contributed by atoms with van der Waals surface area (Å²) in [6.45, 7) is 4.31. The van der Waals surface area contributed by atoms with Crippen LogP contribution in [0.4, 0.5) is 0 Å². The van der Waals surface area contributed by atoms with Crippen molar-refractivity contribution in [2.24, 2.45) is 5.73 Å². The highest BCUT2D eigenvalue weighted by molar-refractivity contribution is 5.95. The molecule has 0 saturated carbocycles. The summed E-state index contributed by atoms with van der Waals surface area (Å²) in [7, 11) is 0. The Hall–Kier alpha value is -2.04. The van der Waals surface area contributed by atoms with Crippen molar-refractivity contribution in [3.8, 4) is 5.75 Å². The summed E-state index contributed by atoms with van der Waals surface area (Å²) in [5, 5.41) is 0. The molecule has 0 spiro atoms. The summed E-state index contributed by atoms with van der Waals surface area (Å²) in [5.41, 5.74) is 5.67. The molecule has 1 rings (SSSR count). The maximum Gasteiger partial charge on any atom is 0.347 e. The van der Waals surface area contributed by atoms with Gasteiger partial charge in [-0.15, -0.1) is 0 Å². The maximum absolute atomic E-state index is 12.3. The Kier molecular flexibility index (Phi) is 12.8. The highest BCUT2D eigenvalue weighted by Gasteiger charge is 2.23. The summed E-state index contributed by atoms with van der Waals surface area (Å²) >= 11 is 0. The number of unbranched alkanes of at least 4 members (excludes halogenated alkanes) is 9. The molecule has 1 aromatic rings. The van der Waals surface area contributed by atoms with Gasteiger partial charge in [0.2, 0.25) is 0 Å². The van der Waals surface area contributed by atoms with Gasteiger partial charge in [-0.05, 0) is 31.9 Å². The minimum Gasteiger partial charge on any atom is -0.478 e. The molecule has 0 bridgehead atoms. The maximum atomic E-state index is 12.3. The van der Waals surface area contributed by atoms with Crippen LogP contribution in [0.2, 0.25) is 0 Å². The molecule has 28 heavy (non-hydrogen) atoms. The predicted molar refractivity (Wildman–Crippen MR) is 112 cm³/mol. The van der Waals surface area contributed by atoms with E-state index in [2.05, 4.69) is 6.92 Å². The minimum atomic E-state index is -0.713. The van der Waals surface area contributed by atoms with Crippen molar-refractivity contribution in [2.75, 3.05) is 6.61 Å². The number of nitrogens with two attached hydrogens (primary N) is 1. The fraction of sp³-hybridized carbons (Fsp3) is 0.652. The second-order valence-corrected chi connectivity index (χ2v) is 7.19. The number of esters is 1. The van der Waals surface area contributed by atoms with E-state index in [0.29, 0.717) is 18.8 Å². The number of rotatable bonds is 16. The SMILES string of the molecule is CCCCCCCCCCCCC(Oc1ccccc1C(N)=O)C(=O)OCC. The van der Waals surface area contributed by atoms with E-state index in [0.717, 1.165) is 12.8 Å². The van der Waals surface area contributed by atoms with Gasteiger partial charge in [-0.25, -0.2) is 4.79 Å². The Morgan fingerprint density at radius 1 is 0.893 bits per heavy atom. The zero-order valence-corrected chi connectivity index (χ0v) is 17.6. The fourth-order valence-electron chi connectivity index (χ4n) is 3.20. The van der Waals surface area contributed by atoms with E-state index < -0.39 is 18.0 Å². The van der Waals surface area contributed by atoms with Gasteiger partial charge in [-0.1, -0.05) is 76.8 Å². The van der Waals surface area contributed by atoms with Crippen molar-refractivity contribution in [1.29, 1.82) is 0 Å². The lowest BCUT2D eigenvalue weighted by molar-refractivity contribution is -0.151. The standard InChI is InChI=1S/C23H37NO4/c1-3-5-6-7-8-9-10-11-12-13-18-21(23(26)27-4-2)28-20-17-15-14-16-19(20)22(24)25/h14-17,21H,3-13,18H2,1-2H3,(H2,24,25). The number of primary amides is 1. The smallest absolute Gasteiger partial charge is 0.347 e. The lowest BCUT2D eigenvalue weighted by Crippen LogP contribution is -2.30. The van der Waals surface area contributed by atoms with Crippen LogP contribution in [0.5, 0.6) is 5.75 Å². The molecule has 5 heteroatoms. The first kappa shape index (κ1) is 24.0. The van der Waals surface area contributed by atoms with Gasteiger partial charge in [0.1, 0.15) is 5.75 Å². The molecular weight excluding hydrogens is 354 g/mol. The van der Waals surface area contributed by atoms with Gasteiger partial charge < -0.3 is 15.2 Å². The van der Waals surface area contributed by atoms with Crippen molar-refractivity contribution < 1.29 is 19.1 Å². The van der Waals surface area contributed by atoms with E-state index >= 15 is 0 Å². The number of hydrogen-bond acceptors (Lipinski definition) is 4. The summed E-state index contributed by atoms with van der Waals surface area (Å²) < 4.78 is 11.0. The van der Waals surface area contributed by atoms with E-state index in [4.69, 9.17) is 15.2 Å². The quantitative estimate of drug-likeness (QED) is 0.302. The van der Waals surface area contributed by atoms with Crippen molar-refractivity contribution in [1.82, 2.24) is 0 Å². The second kappa shape index (κ2) is 14.9. The van der Waals surface area contributed by atoms with E-state index in [1.807, 2.05) is 0 Å². The highest BCUT2D eigenvalue weighted by Crippen LogP contribution is 2.21. The van der Waals surface area contributed by atoms with Crippen LogP contribution in [0.1, 0.15) is 94.8 Å². The fourth-order valence-corrected chi connectivity index (χ4v) is 3.20. The zero-order chi connectivity index (χ0) is 20.6. The van der Waals surface area contributed by atoms with Gasteiger partial charge in [-0.3, -0.25) is 4.79 Å². The van der Waals surface area contributed by atoms with Crippen molar-refractivity contribution >= 4 is 11.9 Å². The third kappa shape index (κ3) is 9.77. The number of hydrogen-bond donors (Lipinski definition) is 1. The van der Waals surface area contributed by atoms with Crippen molar-refractivity contribution in [3.63, 3.8) is 0 Å². The van der Waals surface area contributed by atoms with E-state index in [1.54, 1.807) is 31.2 Å². The number of amides is 1. The average molecular weight is 392 g/mol. The lowest BCUT2D eigenvalue weighted by atomic mass is 10.0. The van der Waals surface area contributed by atoms with Crippen LogP contribution in [-0.4, -0.2) is 24.6 Å². The molecule has 0 radical (unpaired) electrons. The van der Waals surface area contributed by atoms with Crippen LogP contribution in [0.15, 0.2) is 24.3 Å². The van der Waals surface area contributed by atoms with Crippen LogP contribution in [0.3, 0.4) is 0 Å². The van der Waals surface area contributed by atoms with Gasteiger partial charge >= 0.3 is 5.97 Å². The average Bonchev–Trinajstić information content (AvgIpc) is 2.68. The van der Waals surface area contributed by atoms with E-state index in [1.165, 1.54) is 51.4 Å². The molecule has 0 aliphatic heterocycles. The monoisotopic (exact) mass is 391 g/mol. The molecule has 5 nitrogen and oxygen atoms in total. The normalized spacial score (nSPS) is 11.8. The predicted octanol–water partition coefficient (Wildman–Crippen LogP) is 5.41. The molecule has 1 atom stereocenters. The zero-order valence-electron chi connectivity index (χ0n) is 17.6. The Bertz CT molecular complexity index is 573. The molecule has 158 valence electrons. The molecule has 0 heterocycles. The van der Waals surface area contributed by atoms with Crippen LogP contribution < -0.4 is 10.5 Å². The molecule has 1 aromatic carbocycles. The number of ether oxygens (including phenoxy) is 2. The Morgan fingerprint density at radius 3 is 2.04 bits per heavy atom. The molecule has 0 aromatic heterocycles. The molecule has 1 amide bonds. The Balaban J connectivity index is 2.41. The number of carbonyl (C=O) groups excluding carboxylic acids is 2. The third-order valence-electron chi connectivity index (χ3n) is 4.79. The Labute approximate surface area is 170 Å². The summed E-state index contributed by atoms with van der Waals surface area (Å²) in [6.07, 6.45) is 12.1. The molecule has 2 N–H and O–H groups in total. The molecular formula is C23H37NO4. The van der Waals surface area contributed by atoms with Gasteiger partial charge in [0.05, 0.1) is 12.2 Å². The molecule has 0 aliphatic carbocycles. The molecule has 0 fully saturated rings. The molecule has 0 aliphatic rings. The van der Waals surface area contributed by atoms with Gasteiger partial charge in [0.25, 0.3) is 5.91 Å². The number of carbonyl (C=O) groups is 2. The minimum absolute atomic E-state index is 0.278. The van der Waals surface area contributed by atoms with Gasteiger partial charge in [0.15, 0.2) is 6.10 Å². The van der Waals surface area contributed by atoms with Gasteiger partial charge in [0, 0.05) is 0 Å². The van der Waals surface area contributed by atoms with E-state index in [9.17, 15) is 9.59 Å². The second-order valence-electron chi connectivity index (χ2n) is 7.19. The molecule has 0 saturated heterocycles. The summed E-state index contributed by atoms with van der Waals surface area (Å²) in [4.78, 5) is 23.8. The van der Waals surface area contributed by atoms with Crippen LogP contribution >= 0.6 is 0 Å². The highest BCUT2D eigenvalue weighted by atomic mass is 16.6. The van der Waals surface area contributed by atoms with Crippen molar-refractivity contribution in [2.45, 2.75) is 90.6 Å². The summed E-state index contributed by atoms with van der Waals surface area (Å²) in [6, 6.07) is 6.73. The Morgan fingerprint density at radius 2 is 1.46 bits per heavy atom. The van der Waals surface area contributed by atoms with Crippen LogP contribution in [0.25, 0.3) is 0 Å². The largest absolute Gasteiger partial charge is 0.478 e. The third-order valence-corrected chi connectivity index (χ3v) is 4.79. The first-order valence-electron chi connectivity index (χ1n) is 10.8. The lowest BCUT2D eigenvalue weighted by Gasteiger charge is -2.19. The first-order valence-corrected chi connectivity index (χ1v) is 10.8. The summed E-state index contributed by atoms with van der Waals surface area (Å²) in [5.74, 6) is -0.630. The number of para-hydroxylation sites is 1. The number of benzene rings is 1. The van der Waals surface area contributed by atoms with E-state index in [-0.39, 0.29) is 5.56 Å². The van der Waals surface area contributed by atoms with Crippen LogP contribution in [-0.2, 0) is 9.53 Å². The first-order chi connectivity index (χ1) is 13.6. The van der Waals surface area contributed by atoms with Gasteiger partial charge in [-0.2, -0.15) is 0 Å².